The molecule has 18 atom stereocenters. The van der Waals surface area contributed by atoms with Crippen LogP contribution in [-0.2, 0) is 83.6 Å². The zero-order valence-corrected chi connectivity index (χ0v) is 55.9. The molecule has 0 unspecified atom stereocenters. The van der Waals surface area contributed by atoms with Gasteiger partial charge in [-0.15, -0.1) is 34.8 Å². The highest BCUT2D eigenvalue weighted by atomic mass is 35.5. The lowest BCUT2D eigenvalue weighted by Crippen LogP contribution is -2.47. The van der Waals surface area contributed by atoms with Crippen LogP contribution in [0.4, 0.5) is 0 Å². The lowest BCUT2D eigenvalue weighted by molar-refractivity contribution is -0.148. The Bertz CT molecular complexity index is 3250. The number of esters is 3. The minimum atomic E-state index is -3.79. The molecule has 0 aliphatic carbocycles. The normalized spacial score (nSPS) is 34.5. The zero-order chi connectivity index (χ0) is 66.8. The number of carbonyl (C=O) groups excluding carboxylic acids is 3. The van der Waals surface area contributed by atoms with Gasteiger partial charge >= 0.3 is 58.2 Å². The van der Waals surface area contributed by atoms with Crippen LogP contribution in [0, 0.1) is 17.8 Å². The molecule has 0 spiro atoms. The largest absolute Gasteiger partial charge is 0.464 e. The maximum Gasteiger partial charge on any atom is 0.406 e. The van der Waals surface area contributed by atoms with Crippen molar-refractivity contribution in [3.05, 3.63) is 99.3 Å². The summed E-state index contributed by atoms with van der Waals surface area (Å²) in [6.07, 6.45) is -3.83. The van der Waals surface area contributed by atoms with Crippen molar-refractivity contribution in [1.82, 2.24) is 43.9 Å². The second kappa shape index (κ2) is 29.0. The van der Waals surface area contributed by atoms with Gasteiger partial charge in [0, 0.05) is 54.9 Å². The van der Waals surface area contributed by atoms with Gasteiger partial charge in [-0.3, -0.25) is 84.6 Å². The number of nitrogens with one attached hydrogen (secondary N) is 6. The van der Waals surface area contributed by atoms with Crippen molar-refractivity contribution in [1.29, 1.82) is 0 Å². The highest BCUT2D eigenvalue weighted by Gasteiger charge is 2.62. The minimum absolute atomic E-state index is 0.0220. The Hall–Kier alpha value is -4.47. The number of aromatic amines is 3. The van der Waals surface area contributed by atoms with Gasteiger partial charge in [-0.05, 0) is 41.5 Å². The summed E-state index contributed by atoms with van der Waals surface area (Å²) >= 11 is 20.0. The van der Waals surface area contributed by atoms with E-state index >= 15 is 0 Å². The first-order valence-corrected chi connectivity index (χ1v) is 34.1. The number of halogens is 3. The molecule has 0 aromatic carbocycles. The number of hydrogen-bond donors (Lipinski definition) is 6. The predicted octanol–water partition coefficient (Wildman–Crippen LogP) is 3.40. The molecule has 6 fully saturated rings. The lowest BCUT2D eigenvalue weighted by Gasteiger charge is -2.36. The molecule has 0 bridgehead atoms. The third-order valence-corrected chi connectivity index (χ3v) is 20.8. The molecule has 0 amide bonds. The van der Waals surface area contributed by atoms with Crippen molar-refractivity contribution >= 4 is 76.0 Å². The third kappa shape index (κ3) is 17.3. The standard InChI is InChI=1S/3C17H25ClN3O8P/c3*1-9(2)14(23)26-7-10(3)20-30(25)27-8-11-13(29-30)17(4,18)15(28-11)21-6-5-12(22)19-16(21)24/h3*5-6,9-11,13,15H,7-8H2,1-4H3,(H,20,25)(H,19,22,24)/t10-,11+,13+,15+,17+,30-;10-,11-,13-,15-,17-,30+;10-,11-,13-,15-,17-,30-/m011/s1. The Morgan fingerprint density at radius 3 is 0.933 bits per heavy atom. The molecular weight excluding hydrogens is 1320 g/mol. The Labute approximate surface area is 529 Å². The molecule has 6 aliphatic heterocycles. The van der Waals surface area contributed by atoms with E-state index in [1.165, 1.54) is 36.8 Å². The fourth-order valence-corrected chi connectivity index (χ4v) is 16.3. The van der Waals surface area contributed by atoms with Crippen molar-refractivity contribution in [2.75, 3.05) is 39.6 Å². The van der Waals surface area contributed by atoms with Gasteiger partial charge < -0.3 is 28.4 Å². The first-order valence-electron chi connectivity index (χ1n) is 28.4. The van der Waals surface area contributed by atoms with Crippen LogP contribution >= 0.6 is 58.0 Å². The van der Waals surface area contributed by atoms with Crippen LogP contribution in [0.3, 0.4) is 0 Å². The smallest absolute Gasteiger partial charge is 0.406 e. The predicted molar refractivity (Wildman–Crippen MR) is 319 cm³/mol. The molecule has 90 heavy (non-hydrogen) atoms. The molecule has 33 nitrogen and oxygen atoms in total. The van der Waals surface area contributed by atoms with Crippen molar-refractivity contribution in [2.45, 2.75) is 171 Å². The van der Waals surface area contributed by atoms with Gasteiger partial charge in [-0.1, -0.05) is 41.5 Å². The lowest BCUT2D eigenvalue weighted by atomic mass is 10.0. The summed E-state index contributed by atoms with van der Waals surface area (Å²) in [4.78, 5) is 108. The van der Waals surface area contributed by atoms with E-state index in [9.17, 15) is 56.8 Å². The van der Waals surface area contributed by atoms with E-state index in [1.807, 2.05) is 0 Å². The average molecular weight is 1400 g/mol. The average Bonchev–Trinajstić information content (AvgIpc) is 2.52. The topological polar surface area (TPSA) is 414 Å². The van der Waals surface area contributed by atoms with Gasteiger partial charge in [0.2, 0.25) is 0 Å². The maximum atomic E-state index is 13.1. The van der Waals surface area contributed by atoms with E-state index < -0.39 is 145 Å². The second-order valence-corrected chi connectivity index (χ2v) is 31.1. The first-order chi connectivity index (χ1) is 41.8. The van der Waals surface area contributed by atoms with Gasteiger partial charge in [0.1, 0.15) is 71.1 Å². The molecule has 6 saturated heterocycles. The number of hydrogen-bond acceptors (Lipinski definition) is 24. The Kier molecular flexibility index (Phi) is 23.5. The van der Waals surface area contributed by atoms with Crippen LogP contribution in [0.25, 0.3) is 0 Å². The second-order valence-electron chi connectivity index (χ2n) is 23.5. The molecule has 0 radical (unpaired) electrons. The van der Waals surface area contributed by atoms with Gasteiger partial charge in [0.25, 0.3) is 16.7 Å². The zero-order valence-electron chi connectivity index (χ0n) is 51.0. The van der Waals surface area contributed by atoms with Crippen LogP contribution in [-0.4, -0.2) is 156 Å². The van der Waals surface area contributed by atoms with E-state index in [-0.39, 0.29) is 75.3 Å². The van der Waals surface area contributed by atoms with Crippen LogP contribution in [0.5, 0.6) is 0 Å². The number of alkyl halides is 3. The Balaban J connectivity index is 0.000000192. The van der Waals surface area contributed by atoms with Crippen LogP contribution < -0.4 is 49.0 Å². The Morgan fingerprint density at radius 2 is 0.722 bits per heavy atom. The summed E-state index contributed by atoms with van der Waals surface area (Å²) in [5.74, 6) is -1.97. The van der Waals surface area contributed by atoms with Crippen molar-refractivity contribution < 1.29 is 83.6 Å². The summed E-state index contributed by atoms with van der Waals surface area (Å²) in [5.41, 5.74) is -3.74. The molecule has 9 rings (SSSR count). The first kappa shape index (κ1) is 72.9. The highest BCUT2D eigenvalue weighted by Crippen LogP contribution is 2.60. The number of carbonyl (C=O) groups is 3. The number of H-pyrrole nitrogens is 3. The van der Waals surface area contributed by atoms with E-state index in [2.05, 4.69) is 30.2 Å². The molecule has 6 N–H and O–H groups in total. The van der Waals surface area contributed by atoms with Gasteiger partial charge in [0.15, 0.2) is 18.7 Å². The fourth-order valence-electron chi connectivity index (χ4n) is 9.66. The summed E-state index contributed by atoms with van der Waals surface area (Å²) < 4.78 is 109. The summed E-state index contributed by atoms with van der Waals surface area (Å²) in [7, 11) is -11.4. The minimum Gasteiger partial charge on any atom is -0.464 e. The van der Waals surface area contributed by atoms with Crippen molar-refractivity contribution in [2.24, 2.45) is 17.8 Å². The van der Waals surface area contributed by atoms with Crippen LogP contribution in [0.1, 0.15) is 102 Å². The fraction of sp³-hybridized carbons (Fsp3) is 0.706. The van der Waals surface area contributed by atoms with Gasteiger partial charge in [-0.2, -0.15) is 0 Å². The summed E-state index contributed by atoms with van der Waals surface area (Å²) in [6.45, 7) is 19.7. The molecule has 3 aromatic heterocycles. The monoisotopic (exact) mass is 1400 g/mol. The van der Waals surface area contributed by atoms with Gasteiger partial charge in [0.05, 0.1) is 37.6 Å². The third-order valence-electron chi connectivity index (χ3n) is 14.3. The molecule has 39 heteroatoms. The van der Waals surface area contributed by atoms with Crippen molar-refractivity contribution in [3.8, 4) is 0 Å². The van der Waals surface area contributed by atoms with Crippen LogP contribution in [0.15, 0.2) is 65.6 Å². The number of ether oxygens (including phenoxy) is 6. The summed E-state index contributed by atoms with van der Waals surface area (Å²) in [6, 6.07) is 1.96. The SMILES string of the molecule is CC(C)C(=O)OC[C@@H](C)N[P@@]1(=O)OC[C@H]2O[C@@H](n3ccc(=O)[nH]c3=O)[C@](C)(Cl)[C@@H]2O1.CC(C)C(=O)OC[C@@H](C)N[P@]1(=O)OC[C@H]2O[C@@H](n3ccc(=O)[nH]c3=O)[C@](C)(Cl)[C@@H]2O1.CC(C)C(=O)OC[C@H](C)N[P@]1(=O)OC[C@H]2O[C@@H](n3ccc(=O)[nH]c3=O)[C@](C)(Cl)[C@@H]2O1. The number of nitrogens with zero attached hydrogens (tertiary/aromatic N) is 3. The number of fused-ring (bicyclic) bond motifs is 3. The van der Waals surface area contributed by atoms with Gasteiger partial charge in [-0.25, -0.2) is 43.3 Å². The molecule has 504 valence electrons. The molecule has 9 heterocycles. The van der Waals surface area contributed by atoms with E-state index in [4.69, 9.17) is 90.4 Å². The van der Waals surface area contributed by atoms with E-state index in [0.29, 0.717) is 0 Å². The maximum absolute atomic E-state index is 13.1. The molecule has 6 aliphatic rings. The van der Waals surface area contributed by atoms with E-state index in [0.717, 1.165) is 13.7 Å². The Morgan fingerprint density at radius 1 is 0.489 bits per heavy atom. The van der Waals surface area contributed by atoms with Crippen molar-refractivity contribution in [3.63, 3.8) is 0 Å². The highest BCUT2D eigenvalue weighted by molar-refractivity contribution is 7.52. The summed E-state index contributed by atoms with van der Waals surface area (Å²) in [5, 5.41) is 8.15. The molecule has 0 saturated carbocycles. The number of aromatic nitrogens is 6. The molecule has 3 aromatic rings. The number of rotatable bonds is 18. The quantitative estimate of drug-likeness (QED) is 0.0460. The van der Waals surface area contributed by atoms with Crippen LogP contribution in [0.2, 0.25) is 0 Å². The van der Waals surface area contributed by atoms with E-state index in [1.54, 1.807) is 83.1 Å². The molecular formula is C51H75Cl3N9O24P3.